The third-order valence-corrected chi connectivity index (χ3v) is 6.50. The molecule has 3 aliphatic heterocycles. The van der Waals surface area contributed by atoms with Crippen LogP contribution in [0.15, 0.2) is 59.8 Å². The lowest BCUT2D eigenvalue weighted by Crippen LogP contribution is -2.54. The van der Waals surface area contributed by atoms with Crippen LogP contribution in [0.3, 0.4) is 0 Å². The molecule has 0 aromatic heterocycles. The van der Waals surface area contributed by atoms with Crippen LogP contribution >= 0.6 is 11.6 Å². The van der Waals surface area contributed by atoms with Gasteiger partial charge in [-0.15, -0.1) is 0 Å². The highest BCUT2D eigenvalue weighted by atomic mass is 35.5. The van der Waals surface area contributed by atoms with Crippen molar-refractivity contribution < 1.29 is 23.9 Å². The van der Waals surface area contributed by atoms with Crippen molar-refractivity contribution in [2.75, 3.05) is 37.7 Å². The van der Waals surface area contributed by atoms with E-state index in [0.29, 0.717) is 30.4 Å². The van der Waals surface area contributed by atoms with Gasteiger partial charge in [-0.05, 0) is 25.1 Å². The molecule has 3 heterocycles. The number of amides is 2. The van der Waals surface area contributed by atoms with E-state index >= 15 is 0 Å². The summed E-state index contributed by atoms with van der Waals surface area (Å²) in [4.78, 5) is 35.2. The first-order chi connectivity index (χ1) is 15.9. The number of hydrogen-bond acceptors (Lipinski definition) is 6. The zero-order chi connectivity index (χ0) is 23.1. The molecule has 1 spiro atoms. The minimum atomic E-state index is -1.18. The van der Waals surface area contributed by atoms with Gasteiger partial charge in [0.05, 0.1) is 32.0 Å². The Labute approximate surface area is 196 Å². The SMILES string of the molecule is C[C@]1(C(=O)N2CCOC[C@]3(C2)CN(c2ccccc2)C(=O)O3)CC(c2ccccc2Cl)=NO1. The Balaban J connectivity index is 1.33. The Morgan fingerprint density at radius 1 is 1.09 bits per heavy atom. The molecule has 2 atom stereocenters. The molecular weight excluding hydrogens is 446 g/mol. The van der Waals surface area contributed by atoms with Crippen molar-refractivity contribution in [1.82, 2.24) is 4.90 Å². The lowest BCUT2D eigenvalue weighted by Gasteiger charge is -2.33. The van der Waals surface area contributed by atoms with Crippen molar-refractivity contribution in [1.29, 1.82) is 0 Å². The number of rotatable bonds is 3. The van der Waals surface area contributed by atoms with Crippen LogP contribution in [0.25, 0.3) is 0 Å². The highest BCUT2D eigenvalue weighted by molar-refractivity contribution is 6.34. The Bertz CT molecular complexity index is 1110. The maximum absolute atomic E-state index is 13.6. The summed E-state index contributed by atoms with van der Waals surface area (Å²) in [5, 5.41) is 4.73. The van der Waals surface area contributed by atoms with Crippen molar-refractivity contribution in [3.05, 3.63) is 65.2 Å². The molecular formula is C24H24ClN3O5. The summed E-state index contributed by atoms with van der Waals surface area (Å²) in [6.07, 6.45) is -0.165. The van der Waals surface area contributed by atoms with E-state index in [9.17, 15) is 9.59 Å². The number of para-hydroxylation sites is 1. The van der Waals surface area contributed by atoms with Gasteiger partial charge in [-0.3, -0.25) is 9.69 Å². The maximum Gasteiger partial charge on any atom is 0.415 e. The Morgan fingerprint density at radius 2 is 1.85 bits per heavy atom. The number of oxime groups is 1. The number of carbonyl (C=O) groups excluding carboxylic acids is 2. The summed E-state index contributed by atoms with van der Waals surface area (Å²) < 4.78 is 11.6. The van der Waals surface area contributed by atoms with Crippen LogP contribution < -0.4 is 4.90 Å². The molecule has 33 heavy (non-hydrogen) atoms. The van der Waals surface area contributed by atoms with Gasteiger partial charge in [0.25, 0.3) is 5.91 Å². The average molecular weight is 470 g/mol. The predicted molar refractivity (Wildman–Crippen MR) is 122 cm³/mol. The molecule has 2 amide bonds. The Morgan fingerprint density at radius 3 is 2.64 bits per heavy atom. The minimum absolute atomic E-state index is 0.210. The molecule has 9 heteroatoms. The van der Waals surface area contributed by atoms with Gasteiger partial charge < -0.3 is 19.2 Å². The van der Waals surface area contributed by atoms with Crippen LogP contribution in [0.5, 0.6) is 0 Å². The number of benzene rings is 2. The number of hydrogen-bond donors (Lipinski definition) is 0. The van der Waals surface area contributed by atoms with Gasteiger partial charge >= 0.3 is 6.09 Å². The second kappa shape index (κ2) is 8.35. The van der Waals surface area contributed by atoms with E-state index in [4.69, 9.17) is 25.9 Å². The second-order valence-electron chi connectivity index (χ2n) is 8.77. The van der Waals surface area contributed by atoms with Crippen LogP contribution in [0.4, 0.5) is 10.5 Å². The van der Waals surface area contributed by atoms with Crippen molar-refractivity contribution >= 4 is 35.0 Å². The van der Waals surface area contributed by atoms with E-state index in [1.807, 2.05) is 48.5 Å². The lowest BCUT2D eigenvalue weighted by atomic mass is 9.93. The summed E-state index contributed by atoms with van der Waals surface area (Å²) in [7, 11) is 0. The quantitative estimate of drug-likeness (QED) is 0.687. The Kier molecular flexibility index (Phi) is 5.50. The molecule has 0 radical (unpaired) electrons. The van der Waals surface area contributed by atoms with Gasteiger partial charge in [-0.2, -0.15) is 0 Å². The molecule has 2 aromatic carbocycles. The molecule has 172 valence electrons. The molecule has 0 aliphatic carbocycles. The molecule has 8 nitrogen and oxygen atoms in total. The molecule has 0 unspecified atom stereocenters. The van der Waals surface area contributed by atoms with Crippen LogP contribution in [-0.4, -0.2) is 66.7 Å². The van der Waals surface area contributed by atoms with Gasteiger partial charge in [-0.25, -0.2) is 4.79 Å². The molecule has 5 rings (SSSR count). The van der Waals surface area contributed by atoms with E-state index in [2.05, 4.69) is 5.16 Å². The summed E-state index contributed by atoms with van der Waals surface area (Å²) >= 11 is 6.31. The van der Waals surface area contributed by atoms with Crippen LogP contribution in [0.2, 0.25) is 5.02 Å². The number of anilines is 1. The first-order valence-electron chi connectivity index (χ1n) is 10.8. The van der Waals surface area contributed by atoms with Crippen molar-refractivity contribution in [2.24, 2.45) is 5.16 Å². The van der Waals surface area contributed by atoms with Crippen molar-refractivity contribution in [3.63, 3.8) is 0 Å². The van der Waals surface area contributed by atoms with Crippen molar-refractivity contribution in [2.45, 2.75) is 24.5 Å². The van der Waals surface area contributed by atoms with Gasteiger partial charge in [0, 0.05) is 29.2 Å². The third kappa shape index (κ3) is 4.05. The van der Waals surface area contributed by atoms with E-state index in [-0.39, 0.29) is 25.5 Å². The average Bonchev–Trinajstić information content (AvgIpc) is 3.29. The molecule has 2 fully saturated rings. The largest absolute Gasteiger partial charge is 0.436 e. The fraction of sp³-hybridized carbons (Fsp3) is 0.375. The summed E-state index contributed by atoms with van der Waals surface area (Å²) in [5.74, 6) is -0.229. The van der Waals surface area contributed by atoms with E-state index in [1.165, 1.54) is 0 Å². The topological polar surface area (TPSA) is 80.7 Å². The van der Waals surface area contributed by atoms with E-state index in [0.717, 1.165) is 11.3 Å². The van der Waals surface area contributed by atoms with Gasteiger partial charge in [0.1, 0.15) is 0 Å². The van der Waals surface area contributed by atoms with Crippen LogP contribution in [0, 0.1) is 0 Å². The van der Waals surface area contributed by atoms with Crippen LogP contribution in [-0.2, 0) is 19.1 Å². The fourth-order valence-corrected chi connectivity index (χ4v) is 4.74. The zero-order valence-electron chi connectivity index (χ0n) is 18.2. The normalized spacial score (nSPS) is 27.2. The highest BCUT2D eigenvalue weighted by Crippen LogP contribution is 2.34. The fourth-order valence-electron chi connectivity index (χ4n) is 4.49. The van der Waals surface area contributed by atoms with Crippen LogP contribution in [0.1, 0.15) is 18.9 Å². The van der Waals surface area contributed by atoms with Gasteiger partial charge in [0.15, 0.2) is 5.60 Å². The maximum atomic E-state index is 13.6. The second-order valence-corrected chi connectivity index (χ2v) is 9.18. The van der Waals surface area contributed by atoms with E-state index in [1.54, 1.807) is 22.8 Å². The zero-order valence-corrected chi connectivity index (χ0v) is 19.0. The van der Waals surface area contributed by atoms with E-state index < -0.39 is 17.3 Å². The molecule has 3 aliphatic rings. The monoisotopic (exact) mass is 469 g/mol. The lowest BCUT2D eigenvalue weighted by molar-refractivity contribution is -0.155. The minimum Gasteiger partial charge on any atom is -0.436 e. The first-order valence-corrected chi connectivity index (χ1v) is 11.2. The standard InChI is InChI=1S/C24H24ClN3O5/c1-23(13-20(26-33-23)18-9-5-6-10-19(18)25)21(29)27-11-12-31-16-24(14-27)15-28(22(30)32-24)17-7-3-2-4-8-17/h2-10H,11-16H2,1H3/t23-,24+/m1/s1. The summed E-state index contributed by atoms with van der Waals surface area (Å²) in [5.41, 5.74) is -0.0258. The number of nitrogens with zero attached hydrogens (tertiary/aromatic N) is 3. The molecule has 2 aromatic rings. The molecule has 0 N–H and O–H groups in total. The number of halogens is 1. The summed E-state index contributed by atoms with van der Waals surface area (Å²) in [6, 6.07) is 16.6. The highest BCUT2D eigenvalue weighted by Gasteiger charge is 2.52. The molecule has 2 saturated heterocycles. The first kappa shape index (κ1) is 21.7. The van der Waals surface area contributed by atoms with Crippen molar-refractivity contribution in [3.8, 4) is 0 Å². The summed E-state index contributed by atoms with van der Waals surface area (Å²) in [6.45, 7) is 3.14. The molecule has 0 saturated carbocycles. The van der Waals surface area contributed by atoms with Gasteiger partial charge in [0.2, 0.25) is 5.60 Å². The smallest absolute Gasteiger partial charge is 0.415 e. The third-order valence-electron chi connectivity index (χ3n) is 6.17. The predicted octanol–water partition coefficient (Wildman–Crippen LogP) is 3.48. The molecule has 0 bridgehead atoms. The number of carbonyl (C=O) groups is 2. The Hall–Kier alpha value is -3.10. The van der Waals surface area contributed by atoms with Gasteiger partial charge in [-0.1, -0.05) is 53.2 Å². The number of ether oxygens (including phenoxy) is 2.